The maximum atomic E-state index is 12.4. The fourth-order valence-corrected chi connectivity index (χ4v) is 6.05. The van der Waals surface area contributed by atoms with Crippen molar-refractivity contribution < 1.29 is 42.4 Å². The maximum absolute atomic E-state index is 12.4. The van der Waals surface area contributed by atoms with Gasteiger partial charge >= 0.3 is 5.97 Å². The molecule has 1 unspecified atom stereocenters. The number of unbranched alkanes of at least 4 members (excludes halogenated alkanes) is 16. The van der Waals surface area contributed by atoms with Crippen molar-refractivity contribution in [2.24, 2.45) is 0 Å². The van der Waals surface area contributed by atoms with Crippen molar-refractivity contribution in [3.63, 3.8) is 0 Å². The van der Waals surface area contributed by atoms with Gasteiger partial charge in [0.2, 0.25) is 0 Å². The second-order valence-electron chi connectivity index (χ2n) is 15.1. The van der Waals surface area contributed by atoms with E-state index in [2.05, 4.69) is 55.5 Å². The lowest BCUT2D eigenvalue weighted by Gasteiger charge is -2.28. The number of quaternary nitrogens is 1. The molecule has 0 fully saturated rings. The second kappa shape index (κ2) is 37.9. The van der Waals surface area contributed by atoms with E-state index in [0.717, 1.165) is 64.2 Å². The summed E-state index contributed by atoms with van der Waals surface area (Å²) in [4.78, 5) is 24.8. The molecule has 0 spiro atoms. The molecule has 0 bridgehead atoms. The van der Waals surface area contributed by atoms with Crippen LogP contribution in [0.3, 0.4) is 0 Å². The van der Waals surface area contributed by atoms with E-state index in [1.165, 1.54) is 70.6 Å². The molecule has 0 amide bonds. The molecule has 2 atom stereocenters. The molecule has 54 heavy (non-hydrogen) atoms. The molecule has 0 saturated carbocycles. The third-order valence-corrected chi connectivity index (χ3v) is 9.68. The Morgan fingerprint density at radius 2 is 1.13 bits per heavy atom. The van der Waals surface area contributed by atoms with Gasteiger partial charge in [0.05, 0.1) is 34.0 Å². The third-order valence-electron chi connectivity index (χ3n) is 8.72. The number of aliphatic hydroxyl groups excluding tert-OH is 1. The van der Waals surface area contributed by atoms with E-state index < -0.39 is 13.9 Å². The normalized spacial score (nSPS) is 14.3. The molecule has 0 saturated heterocycles. The number of phosphoric acid groups is 1. The van der Waals surface area contributed by atoms with E-state index in [9.17, 15) is 14.3 Å². The van der Waals surface area contributed by atoms with E-state index >= 15 is 0 Å². The van der Waals surface area contributed by atoms with Crippen LogP contribution in [0.4, 0.5) is 0 Å². The van der Waals surface area contributed by atoms with Gasteiger partial charge in [0, 0.05) is 13.0 Å². The molecule has 0 aliphatic carbocycles. The Kier molecular flexibility index (Phi) is 36.5. The second-order valence-corrected chi connectivity index (χ2v) is 16.5. The number of hydrogen-bond donors (Lipinski definition) is 1. The molecule has 10 heteroatoms. The number of hydrogen-bond acceptors (Lipinski definition) is 8. The van der Waals surface area contributed by atoms with E-state index in [1.807, 2.05) is 27.2 Å². The highest BCUT2D eigenvalue weighted by atomic mass is 31.2. The number of phosphoric ester groups is 1. The van der Waals surface area contributed by atoms with Crippen molar-refractivity contribution in [1.29, 1.82) is 0 Å². The number of esters is 1. The van der Waals surface area contributed by atoms with Gasteiger partial charge in [-0.25, -0.2) is 0 Å². The van der Waals surface area contributed by atoms with Gasteiger partial charge in [-0.3, -0.25) is 9.36 Å². The molecule has 0 aromatic rings. The van der Waals surface area contributed by atoms with Crippen LogP contribution in [0.5, 0.6) is 0 Å². The van der Waals surface area contributed by atoms with Crippen molar-refractivity contribution >= 4 is 13.8 Å². The minimum atomic E-state index is -4.53. The first kappa shape index (κ1) is 52.0. The number of carbonyl (C=O) groups excluding carboxylic acids is 1. The molecule has 9 nitrogen and oxygen atoms in total. The largest absolute Gasteiger partial charge is 0.756 e. The zero-order chi connectivity index (χ0) is 39.9. The lowest BCUT2D eigenvalue weighted by molar-refractivity contribution is -0.870. The summed E-state index contributed by atoms with van der Waals surface area (Å²) in [5.74, 6) is -0.356. The quantitative estimate of drug-likeness (QED) is 0.0164. The molecule has 0 aromatic carbocycles. The number of aliphatic hydroxyl groups is 1. The van der Waals surface area contributed by atoms with Gasteiger partial charge in [-0.2, -0.15) is 0 Å². The molecular formula is C44H80NO8P. The molecule has 1 N–H and O–H groups in total. The number of carbonyl (C=O) groups is 1. The van der Waals surface area contributed by atoms with Crippen LogP contribution >= 0.6 is 7.82 Å². The number of nitrogens with zero attached hydrogens (tertiary/aromatic N) is 1. The van der Waals surface area contributed by atoms with Gasteiger partial charge in [0.25, 0.3) is 7.82 Å². The SMILES string of the molecule is CCCCCCCCCCCCCC/C=C/O[C@H](COC(=O)CCC/C=C\C/C=C\C/C=C\C/C=C\CCCCCO)COP(=O)([O-])OCC[N+](C)(C)C. The van der Waals surface area contributed by atoms with Crippen molar-refractivity contribution in [2.45, 2.75) is 161 Å². The Hall–Kier alpha value is -2.00. The first-order valence-electron chi connectivity index (χ1n) is 21.2. The van der Waals surface area contributed by atoms with Gasteiger partial charge in [0.1, 0.15) is 19.8 Å². The van der Waals surface area contributed by atoms with Crippen LogP contribution in [-0.2, 0) is 27.9 Å². The molecule has 0 rings (SSSR count). The standard InChI is InChI=1S/C44H80NO8P/c1-5-6-7-8-9-10-11-12-20-23-26-29-32-35-39-50-43(42-53-54(48,49)52-40-37-45(2,3)4)41-51-44(47)36-33-30-27-24-21-18-16-14-13-15-17-19-22-25-28-31-34-38-46/h13,15-16,18-19,22,24,27,35,39,43,46H,5-12,14,17,20-21,23,25-26,28-34,36-38,40-42H2,1-4H3/b15-13-,18-16-,22-19-,27-24-,39-35+/t43-/m1/s1. The molecule has 0 aliphatic rings. The average Bonchev–Trinajstić information content (AvgIpc) is 3.12. The number of allylic oxidation sites excluding steroid dienone is 9. The molecule has 0 aromatic heterocycles. The summed E-state index contributed by atoms with van der Waals surface area (Å²) >= 11 is 0. The highest BCUT2D eigenvalue weighted by molar-refractivity contribution is 7.45. The fourth-order valence-electron chi connectivity index (χ4n) is 5.32. The molecule has 0 heterocycles. The van der Waals surface area contributed by atoms with Gasteiger partial charge in [0.15, 0.2) is 6.10 Å². The van der Waals surface area contributed by atoms with Gasteiger partial charge in [-0.05, 0) is 70.3 Å². The summed E-state index contributed by atoms with van der Waals surface area (Å²) in [6.45, 7) is 2.64. The zero-order valence-corrected chi connectivity index (χ0v) is 35.7. The monoisotopic (exact) mass is 782 g/mol. The van der Waals surface area contributed by atoms with Gasteiger partial charge < -0.3 is 33.0 Å². The summed E-state index contributed by atoms with van der Waals surface area (Å²) < 4.78 is 34.2. The Balaban J connectivity index is 4.39. The van der Waals surface area contributed by atoms with Crippen LogP contribution in [0.2, 0.25) is 0 Å². The van der Waals surface area contributed by atoms with Crippen LogP contribution in [0.25, 0.3) is 0 Å². The Morgan fingerprint density at radius 1 is 0.648 bits per heavy atom. The molecule has 0 aliphatic heterocycles. The van der Waals surface area contributed by atoms with Crippen molar-refractivity contribution in [1.82, 2.24) is 0 Å². The van der Waals surface area contributed by atoms with Crippen LogP contribution in [0.1, 0.15) is 155 Å². The Bertz CT molecular complexity index is 1050. The van der Waals surface area contributed by atoms with Crippen LogP contribution in [0, 0.1) is 0 Å². The summed E-state index contributed by atoms with van der Waals surface area (Å²) in [5.41, 5.74) is 0. The number of ether oxygens (including phenoxy) is 2. The first-order valence-corrected chi connectivity index (χ1v) is 22.6. The fraction of sp³-hybridized carbons (Fsp3) is 0.750. The molecular weight excluding hydrogens is 701 g/mol. The highest BCUT2D eigenvalue weighted by Crippen LogP contribution is 2.38. The predicted molar refractivity (Wildman–Crippen MR) is 223 cm³/mol. The third kappa shape index (κ3) is 41.2. The van der Waals surface area contributed by atoms with Crippen LogP contribution in [-0.4, -0.2) is 75.8 Å². The maximum Gasteiger partial charge on any atom is 0.305 e. The minimum Gasteiger partial charge on any atom is -0.756 e. The predicted octanol–water partition coefficient (Wildman–Crippen LogP) is 10.8. The van der Waals surface area contributed by atoms with E-state index in [0.29, 0.717) is 17.4 Å². The van der Waals surface area contributed by atoms with Crippen LogP contribution < -0.4 is 4.89 Å². The summed E-state index contributed by atoms with van der Waals surface area (Å²) in [7, 11) is 1.31. The van der Waals surface area contributed by atoms with Crippen LogP contribution in [0.15, 0.2) is 60.9 Å². The van der Waals surface area contributed by atoms with E-state index in [-0.39, 0.29) is 38.8 Å². The first-order chi connectivity index (χ1) is 26.1. The van der Waals surface area contributed by atoms with Crippen molar-refractivity contribution in [3.8, 4) is 0 Å². The smallest absolute Gasteiger partial charge is 0.305 e. The zero-order valence-electron chi connectivity index (χ0n) is 34.8. The minimum absolute atomic E-state index is 0.0123. The number of rotatable bonds is 39. The Morgan fingerprint density at radius 3 is 1.67 bits per heavy atom. The van der Waals surface area contributed by atoms with Gasteiger partial charge in [-0.1, -0.05) is 133 Å². The summed E-state index contributed by atoms with van der Waals surface area (Å²) in [6.07, 6.45) is 44.9. The summed E-state index contributed by atoms with van der Waals surface area (Å²) in [5, 5.41) is 8.79. The van der Waals surface area contributed by atoms with E-state index in [4.69, 9.17) is 23.6 Å². The van der Waals surface area contributed by atoms with Crippen molar-refractivity contribution in [2.75, 3.05) is 54.1 Å². The molecule has 314 valence electrons. The number of likely N-dealkylation sites (N-methyl/N-ethyl adjacent to an activating group) is 1. The highest BCUT2D eigenvalue weighted by Gasteiger charge is 2.19. The molecule has 0 radical (unpaired) electrons. The Labute approximate surface area is 331 Å². The topological polar surface area (TPSA) is 114 Å². The van der Waals surface area contributed by atoms with Gasteiger partial charge in [-0.15, -0.1) is 0 Å². The van der Waals surface area contributed by atoms with Crippen molar-refractivity contribution in [3.05, 3.63) is 60.9 Å². The lowest BCUT2D eigenvalue weighted by Crippen LogP contribution is -2.37. The van der Waals surface area contributed by atoms with E-state index in [1.54, 1.807) is 6.26 Å². The summed E-state index contributed by atoms with van der Waals surface area (Å²) in [6, 6.07) is 0. The average molecular weight is 782 g/mol. The lowest BCUT2D eigenvalue weighted by atomic mass is 10.0.